The van der Waals surface area contributed by atoms with Crippen molar-refractivity contribution in [2.24, 2.45) is 5.92 Å². The van der Waals surface area contributed by atoms with Gasteiger partial charge in [-0.1, -0.05) is 42.0 Å². The van der Waals surface area contributed by atoms with Crippen molar-refractivity contribution in [3.63, 3.8) is 0 Å². The Morgan fingerprint density at radius 3 is 2.48 bits per heavy atom. The fourth-order valence-electron chi connectivity index (χ4n) is 3.70. The largest absolute Gasteiger partial charge is 0.325 e. The monoisotopic (exact) mass is 306 g/mol. The number of hydrogen-bond donors (Lipinski definition) is 2. The van der Waals surface area contributed by atoms with E-state index in [1.54, 1.807) is 4.90 Å². The van der Waals surface area contributed by atoms with E-state index in [2.05, 4.69) is 24.3 Å². The van der Waals surface area contributed by atoms with Gasteiger partial charge in [0.2, 0.25) is 0 Å². The van der Waals surface area contributed by atoms with Crippen LogP contribution >= 0.6 is 11.6 Å². The maximum atomic E-state index is 6.28. The highest BCUT2D eigenvalue weighted by Crippen LogP contribution is 2.16. The first kappa shape index (κ1) is 15.1. The van der Waals surface area contributed by atoms with Crippen molar-refractivity contribution in [3.8, 4) is 0 Å². The van der Waals surface area contributed by atoms with E-state index in [0.717, 1.165) is 17.5 Å². The molecule has 1 aliphatic carbocycles. The molecule has 0 spiro atoms. The molecule has 1 heterocycles. The van der Waals surface area contributed by atoms with Crippen molar-refractivity contribution in [2.75, 3.05) is 32.7 Å². The van der Waals surface area contributed by atoms with Gasteiger partial charge in [-0.25, -0.2) is 0 Å². The van der Waals surface area contributed by atoms with Crippen molar-refractivity contribution in [3.05, 3.63) is 47.0 Å². The molecule has 0 amide bonds. The van der Waals surface area contributed by atoms with E-state index in [1.807, 2.05) is 17.0 Å². The SMILES string of the molecule is Clc1ccccc1C[NH+]1CC[NH+](C[C@H]2CC=CCC2)CC1. The first-order valence-corrected chi connectivity index (χ1v) is 8.74. The van der Waals surface area contributed by atoms with Crippen molar-refractivity contribution in [2.45, 2.75) is 25.8 Å². The lowest BCUT2D eigenvalue weighted by Gasteiger charge is -2.32. The van der Waals surface area contributed by atoms with Crippen LogP contribution in [0.25, 0.3) is 0 Å². The van der Waals surface area contributed by atoms with Gasteiger partial charge in [0.1, 0.15) is 32.7 Å². The minimum absolute atomic E-state index is 0.925. The average molecular weight is 307 g/mol. The zero-order chi connectivity index (χ0) is 14.5. The van der Waals surface area contributed by atoms with Gasteiger partial charge in [-0.2, -0.15) is 0 Å². The second kappa shape index (κ2) is 7.44. The molecule has 0 bridgehead atoms. The molecule has 2 nitrogen and oxygen atoms in total. The number of hydrogen-bond acceptors (Lipinski definition) is 0. The van der Waals surface area contributed by atoms with Gasteiger partial charge in [-0.3, -0.25) is 0 Å². The Balaban J connectivity index is 1.44. The predicted molar refractivity (Wildman–Crippen MR) is 87.9 cm³/mol. The number of quaternary nitrogens is 2. The topological polar surface area (TPSA) is 8.88 Å². The average Bonchev–Trinajstić information content (AvgIpc) is 2.52. The molecule has 0 saturated carbocycles. The van der Waals surface area contributed by atoms with Crippen LogP contribution < -0.4 is 9.80 Å². The Morgan fingerprint density at radius 1 is 1.00 bits per heavy atom. The number of piperazine rings is 1. The van der Waals surface area contributed by atoms with Crippen LogP contribution in [0.3, 0.4) is 0 Å². The van der Waals surface area contributed by atoms with Gasteiger partial charge >= 0.3 is 0 Å². The van der Waals surface area contributed by atoms with Gasteiger partial charge in [0, 0.05) is 16.5 Å². The summed E-state index contributed by atoms with van der Waals surface area (Å²) in [5.41, 5.74) is 1.30. The van der Waals surface area contributed by atoms with Crippen LogP contribution in [-0.2, 0) is 6.54 Å². The first-order chi connectivity index (χ1) is 10.3. The van der Waals surface area contributed by atoms with Gasteiger partial charge < -0.3 is 9.80 Å². The van der Waals surface area contributed by atoms with Crippen molar-refractivity contribution in [1.82, 2.24) is 0 Å². The summed E-state index contributed by atoms with van der Waals surface area (Å²) in [7, 11) is 0. The molecule has 1 aliphatic heterocycles. The predicted octanol–water partition coefficient (Wildman–Crippen LogP) is 0.980. The summed E-state index contributed by atoms with van der Waals surface area (Å²) in [4.78, 5) is 3.51. The molecule has 3 rings (SSSR count). The minimum Gasteiger partial charge on any atom is -0.325 e. The van der Waals surface area contributed by atoms with E-state index in [-0.39, 0.29) is 0 Å². The standard InChI is InChI=1S/C18H25ClN2/c19-18-9-5-4-8-17(18)15-21-12-10-20(11-13-21)14-16-6-2-1-3-7-16/h1-2,4-5,8-9,16H,3,6-7,10-15H2/p+2/t16-/m0/s1. The third-order valence-corrected chi connectivity index (χ3v) is 5.39. The Bertz CT molecular complexity index is 478. The number of nitrogens with one attached hydrogen (secondary N) is 2. The van der Waals surface area contributed by atoms with Gasteiger partial charge in [-0.15, -0.1) is 0 Å². The molecule has 1 saturated heterocycles. The van der Waals surface area contributed by atoms with E-state index in [1.165, 1.54) is 57.5 Å². The molecular formula is C18H27ClN2+2. The lowest BCUT2D eigenvalue weighted by molar-refractivity contribution is -1.02. The van der Waals surface area contributed by atoms with Gasteiger partial charge in [0.15, 0.2) is 0 Å². The molecule has 2 aliphatic rings. The van der Waals surface area contributed by atoms with E-state index in [0.29, 0.717) is 0 Å². The molecule has 0 unspecified atom stereocenters. The van der Waals surface area contributed by atoms with E-state index in [4.69, 9.17) is 11.6 Å². The molecule has 0 radical (unpaired) electrons. The minimum atomic E-state index is 0.925. The van der Waals surface area contributed by atoms with Crippen LogP contribution in [0.2, 0.25) is 5.02 Å². The summed E-state index contributed by atoms with van der Waals surface area (Å²) in [6.45, 7) is 7.66. The molecule has 1 aromatic carbocycles. The van der Waals surface area contributed by atoms with Crippen LogP contribution in [0.4, 0.5) is 0 Å². The lowest BCUT2D eigenvalue weighted by atomic mass is 9.94. The highest BCUT2D eigenvalue weighted by atomic mass is 35.5. The van der Waals surface area contributed by atoms with E-state index >= 15 is 0 Å². The smallest absolute Gasteiger partial charge is 0.127 e. The maximum Gasteiger partial charge on any atom is 0.127 e. The Labute approximate surface area is 133 Å². The Morgan fingerprint density at radius 2 is 1.76 bits per heavy atom. The number of halogens is 1. The second-order valence-electron chi connectivity index (χ2n) is 6.62. The third kappa shape index (κ3) is 4.32. The van der Waals surface area contributed by atoms with Gasteiger partial charge in [-0.05, 0) is 25.3 Å². The summed E-state index contributed by atoms with van der Waals surface area (Å²) in [6.07, 6.45) is 8.72. The fourth-order valence-corrected chi connectivity index (χ4v) is 3.90. The van der Waals surface area contributed by atoms with Crippen molar-refractivity contribution < 1.29 is 9.80 Å². The van der Waals surface area contributed by atoms with E-state index < -0.39 is 0 Å². The molecule has 1 atom stereocenters. The van der Waals surface area contributed by atoms with Crippen LogP contribution in [0, 0.1) is 5.92 Å². The van der Waals surface area contributed by atoms with Gasteiger partial charge in [0.25, 0.3) is 0 Å². The van der Waals surface area contributed by atoms with Crippen LogP contribution in [0.5, 0.6) is 0 Å². The Hall–Kier alpha value is -0.830. The normalized spacial score (nSPS) is 29.5. The number of rotatable bonds is 4. The first-order valence-electron chi connectivity index (χ1n) is 8.37. The molecular weight excluding hydrogens is 280 g/mol. The van der Waals surface area contributed by atoms with Crippen molar-refractivity contribution in [1.29, 1.82) is 0 Å². The molecule has 1 aromatic rings. The highest BCUT2D eigenvalue weighted by molar-refractivity contribution is 6.31. The summed E-state index contributed by atoms with van der Waals surface area (Å²) in [5.74, 6) is 0.926. The molecule has 114 valence electrons. The summed E-state index contributed by atoms with van der Waals surface area (Å²) in [6, 6.07) is 8.29. The van der Waals surface area contributed by atoms with Crippen LogP contribution in [0.1, 0.15) is 24.8 Å². The quantitative estimate of drug-likeness (QED) is 0.768. The summed E-state index contributed by atoms with van der Waals surface area (Å²) >= 11 is 6.28. The second-order valence-corrected chi connectivity index (χ2v) is 7.03. The maximum absolute atomic E-state index is 6.28. The number of allylic oxidation sites excluding steroid dienone is 2. The lowest BCUT2D eigenvalue weighted by Crippen LogP contribution is -3.27. The zero-order valence-corrected chi connectivity index (χ0v) is 13.5. The highest BCUT2D eigenvalue weighted by Gasteiger charge is 2.25. The third-order valence-electron chi connectivity index (χ3n) is 5.02. The molecule has 0 aromatic heterocycles. The van der Waals surface area contributed by atoms with Crippen LogP contribution in [0.15, 0.2) is 36.4 Å². The molecule has 21 heavy (non-hydrogen) atoms. The summed E-state index contributed by atoms with van der Waals surface area (Å²) < 4.78 is 0. The van der Waals surface area contributed by atoms with E-state index in [9.17, 15) is 0 Å². The summed E-state index contributed by atoms with van der Waals surface area (Å²) in [5, 5.41) is 0.925. The Kier molecular flexibility index (Phi) is 5.34. The fraction of sp³-hybridized carbons (Fsp3) is 0.556. The number of benzene rings is 1. The zero-order valence-electron chi connectivity index (χ0n) is 12.8. The van der Waals surface area contributed by atoms with Crippen LogP contribution in [-0.4, -0.2) is 32.7 Å². The van der Waals surface area contributed by atoms with Gasteiger partial charge in [0.05, 0.1) is 6.54 Å². The van der Waals surface area contributed by atoms with Crippen molar-refractivity contribution >= 4 is 11.6 Å². The molecule has 2 N–H and O–H groups in total. The molecule has 1 fully saturated rings. The molecule has 3 heteroatoms.